The van der Waals surface area contributed by atoms with Crippen molar-refractivity contribution in [1.29, 1.82) is 0 Å². The summed E-state index contributed by atoms with van der Waals surface area (Å²) in [7, 11) is 0. The molecule has 2 rings (SSSR count). The summed E-state index contributed by atoms with van der Waals surface area (Å²) < 4.78 is 16.1. The van der Waals surface area contributed by atoms with Gasteiger partial charge in [-0.15, -0.1) is 0 Å². The van der Waals surface area contributed by atoms with Gasteiger partial charge < -0.3 is 14.2 Å². The van der Waals surface area contributed by atoms with E-state index in [-0.39, 0.29) is 17.7 Å². The van der Waals surface area contributed by atoms with E-state index in [0.29, 0.717) is 6.61 Å². The first kappa shape index (κ1) is 10.9. The summed E-state index contributed by atoms with van der Waals surface area (Å²) in [6.07, 6.45) is 2.36. The fraction of sp³-hybridized carbons (Fsp3) is 0.909. The molecule has 15 heavy (non-hydrogen) atoms. The predicted molar refractivity (Wildman–Crippen MR) is 53.2 cm³/mol. The predicted octanol–water partition coefficient (Wildman–Crippen LogP) is 1.48. The lowest BCUT2D eigenvalue weighted by atomic mass is 9.90. The molecule has 0 aromatic carbocycles. The number of hydrogen-bond acceptors (Lipinski definition) is 4. The highest BCUT2D eigenvalue weighted by Gasteiger charge is 2.46. The van der Waals surface area contributed by atoms with E-state index in [1.165, 1.54) is 0 Å². The zero-order chi connectivity index (χ0) is 10.9. The Bertz CT molecular complexity index is 243. The van der Waals surface area contributed by atoms with Gasteiger partial charge in [0.1, 0.15) is 0 Å². The third-order valence-electron chi connectivity index (χ3n) is 2.94. The van der Waals surface area contributed by atoms with E-state index >= 15 is 0 Å². The lowest BCUT2D eigenvalue weighted by Gasteiger charge is -2.29. The average molecular weight is 214 g/mol. The Morgan fingerprint density at radius 1 is 1.40 bits per heavy atom. The van der Waals surface area contributed by atoms with Crippen LogP contribution in [-0.2, 0) is 19.0 Å². The average Bonchev–Trinajstić information content (AvgIpc) is 2.47. The van der Waals surface area contributed by atoms with Crippen LogP contribution in [0, 0.1) is 5.41 Å². The van der Waals surface area contributed by atoms with Crippen molar-refractivity contribution in [2.24, 2.45) is 5.41 Å². The van der Waals surface area contributed by atoms with Crippen molar-refractivity contribution < 1.29 is 19.0 Å². The van der Waals surface area contributed by atoms with E-state index in [1.807, 2.05) is 13.8 Å². The van der Waals surface area contributed by atoms with E-state index in [0.717, 1.165) is 25.9 Å². The molecule has 2 saturated heterocycles. The second-order valence-corrected chi connectivity index (χ2v) is 4.91. The second-order valence-electron chi connectivity index (χ2n) is 4.91. The van der Waals surface area contributed by atoms with Crippen LogP contribution in [-0.4, -0.2) is 31.6 Å². The Balaban J connectivity index is 1.94. The normalized spacial score (nSPS) is 35.2. The number of ether oxygens (including phenoxy) is 3. The molecule has 2 atom stereocenters. The molecule has 0 bridgehead atoms. The minimum atomic E-state index is -0.472. The van der Waals surface area contributed by atoms with Crippen LogP contribution < -0.4 is 0 Å². The number of esters is 1. The largest absolute Gasteiger partial charge is 0.463 e. The van der Waals surface area contributed by atoms with Gasteiger partial charge in [0.25, 0.3) is 0 Å². The lowest BCUT2D eigenvalue weighted by Crippen LogP contribution is -2.38. The lowest BCUT2D eigenvalue weighted by molar-refractivity contribution is -0.204. The fourth-order valence-corrected chi connectivity index (χ4v) is 1.94. The maximum absolute atomic E-state index is 11.5. The zero-order valence-electron chi connectivity index (χ0n) is 9.32. The molecule has 2 aliphatic rings. The highest BCUT2D eigenvalue weighted by molar-refractivity contribution is 5.77. The molecule has 0 aromatic rings. The molecule has 2 aliphatic heterocycles. The maximum Gasteiger partial charge on any atom is 0.336 e. The second kappa shape index (κ2) is 4.10. The van der Waals surface area contributed by atoms with E-state index in [9.17, 15) is 4.79 Å². The molecule has 4 nitrogen and oxygen atoms in total. The van der Waals surface area contributed by atoms with E-state index < -0.39 is 6.10 Å². The van der Waals surface area contributed by atoms with Crippen molar-refractivity contribution >= 4 is 5.97 Å². The van der Waals surface area contributed by atoms with Gasteiger partial charge in [0, 0.05) is 12.0 Å². The Kier molecular flexibility index (Phi) is 2.98. The molecule has 0 spiro atoms. The summed E-state index contributed by atoms with van der Waals surface area (Å²) in [6, 6.07) is 0. The quantitative estimate of drug-likeness (QED) is 0.653. The van der Waals surface area contributed by atoms with Gasteiger partial charge in [0.2, 0.25) is 0 Å². The van der Waals surface area contributed by atoms with Gasteiger partial charge in [-0.2, -0.15) is 0 Å². The van der Waals surface area contributed by atoms with Crippen molar-refractivity contribution in [2.45, 2.75) is 45.5 Å². The minimum Gasteiger partial charge on any atom is -0.463 e. The number of rotatable bonds is 2. The van der Waals surface area contributed by atoms with Gasteiger partial charge >= 0.3 is 5.97 Å². The number of cyclic esters (lactones) is 1. The van der Waals surface area contributed by atoms with Crippen LogP contribution in [0.15, 0.2) is 0 Å². The Morgan fingerprint density at radius 2 is 2.20 bits per heavy atom. The fourth-order valence-electron chi connectivity index (χ4n) is 1.94. The maximum atomic E-state index is 11.5. The summed E-state index contributed by atoms with van der Waals surface area (Å²) in [5, 5.41) is 0. The van der Waals surface area contributed by atoms with Crippen molar-refractivity contribution in [2.75, 3.05) is 13.2 Å². The summed E-state index contributed by atoms with van der Waals surface area (Å²) in [5.41, 5.74) is -0.238. The monoisotopic (exact) mass is 214 g/mol. The number of carbonyl (C=O) groups is 1. The minimum absolute atomic E-state index is 0.228. The van der Waals surface area contributed by atoms with Gasteiger partial charge in [-0.1, -0.05) is 13.8 Å². The standard InChI is InChI=1S/C11H18O4/c1-11(2)7-14-10(12)9(11)15-8-5-3-4-6-13-8/h8-9H,3-7H2,1-2H3/t8-,9+/m1/s1. The van der Waals surface area contributed by atoms with E-state index in [2.05, 4.69) is 0 Å². The third kappa shape index (κ3) is 2.32. The van der Waals surface area contributed by atoms with Crippen LogP contribution in [0.4, 0.5) is 0 Å². The summed E-state index contributed by atoms with van der Waals surface area (Å²) >= 11 is 0. The Labute approximate surface area is 89.9 Å². The molecule has 0 radical (unpaired) electrons. The Hall–Kier alpha value is -0.610. The van der Waals surface area contributed by atoms with Gasteiger partial charge in [0.15, 0.2) is 12.4 Å². The molecule has 0 aliphatic carbocycles. The SMILES string of the molecule is CC1(C)COC(=O)[C@@H]1O[C@@H]1CCCCO1. The molecular formula is C11H18O4. The molecule has 0 N–H and O–H groups in total. The first-order valence-electron chi connectivity index (χ1n) is 5.53. The molecule has 0 saturated carbocycles. The number of carbonyl (C=O) groups excluding carboxylic acids is 1. The van der Waals surface area contributed by atoms with Crippen molar-refractivity contribution in [3.05, 3.63) is 0 Å². The first-order valence-corrected chi connectivity index (χ1v) is 5.53. The molecule has 0 aromatic heterocycles. The molecule has 0 amide bonds. The van der Waals surface area contributed by atoms with Crippen LogP contribution in [0.2, 0.25) is 0 Å². The van der Waals surface area contributed by atoms with Crippen molar-refractivity contribution in [3.8, 4) is 0 Å². The molecule has 0 unspecified atom stereocenters. The highest BCUT2D eigenvalue weighted by Crippen LogP contribution is 2.33. The smallest absolute Gasteiger partial charge is 0.336 e. The first-order chi connectivity index (χ1) is 7.09. The number of hydrogen-bond donors (Lipinski definition) is 0. The molecule has 2 fully saturated rings. The highest BCUT2D eigenvalue weighted by atomic mass is 16.7. The Morgan fingerprint density at radius 3 is 2.73 bits per heavy atom. The van der Waals surface area contributed by atoms with Gasteiger partial charge in [0.05, 0.1) is 6.61 Å². The molecule has 2 heterocycles. The van der Waals surface area contributed by atoms with Crippen LogP contribution >= 0.6 is 0 Å². The topological polar surface area (TPSA) is 44.8 Å². The molecular weight excluding hydrogens is 196 g/mol. The van der Waals surface area contributed by atoms with Gasteiger partial charge in [-0.05, 0) is 19.3 Å². The summed E-state index contributed by atoms with van der Waals surface area (Å²) in [5.74, 6) is -0.255. The summed E-state index contributed by atoms with van der Waals surface area (Å²) in [4.78, 5) is 11.5. The van der Waals surface area contributed by atoms with Crippen LogP contribution in [0.3, 0.4) is 0 Å². The summed E-state index contributed by atoms with van der Waals surface area (Å²) in [6.45, 7) is 5.12. The van der Waals surface area contributed by atoms with Crippen LogP contribution in [0.5, 0.6) is 0 Å². The van der Waals surface area contributed by atoms with E-state index in [1.54, 1.807) is 0 Å². The zero-order valence-corrected chi connectivity index (χ0v) is 9.32. The molecule has 4 heteroatoms. The molecule has 86 valence electrons. The third-order valence-corrected chi connectivity index (χ3v) is 2.94. The van der Waals surface area contributed by atoms with Crippen molar-refractivity contribution in [3.63, 3.8) is 0 Å². The van der Waals surface area contributed by atoms with Crippen molar-refractivity contribution in [1.82, 2.24) is 0 Å². The van der Waals surface area contributed by atoms with Crippen LogP contribution in [0.25, 0.3) is 0 Å². The van der Waals surface area contributed by atoms with Crippen LogP contribution in [0.1, 0.15) is 33.1 Å². The van der Waals surface area contributed by atoms with Gasteiger partial charge in [-0.3, -0.25) is 0 Å². The van der Waals surface area contributed by atoms with Gasteiger partial charge in [-0.25, -0.2) is 4.79 Å². The van der Waals surface area contributed by atoms with E-state index in [4.69, 9.17) is 14.2 Å².